The standard InChI is InChI=1S/C7H12O/c8-6-2-1-3-7(6)4-5-7/h6,8H,1-5H2. The highest BCUT2D eigenvalue weighted by Crippen LogP contribution is 2.57. The summed E-state index contributed by atoms with van der Waals surface area (Å²) in [4.78, 5) is 0. The highest BCUT2D eigenvalue weighted by atomic mass is 16.3. The Hall–Kier alpha value is -0.0400. The van der Waals surface area contributed by atoms with Crippen molar-refractivity contribution in [1.29, 1.82) is 0 Å². The molecule has 46 valence electrons. The Morgan fingerprint density at radius 1 is 1.25 bits per heavy atom. The zero-order chi connectivity index (χ0) is 5.61. The molecule has 1 N–H and O–H groups in total. The van der Waals surface area contributed by atoms with Gasteiger partial charge in [-0.15, -0.1) is 0 Å². The molecule has 0 radical (unpaired) electrons. The summed E-state index contributed by atoms with van der Waals surface area (Å²) in [7, 11) is 0. The third kappa shape index (κ3) is 0.455. The Morgan fingerprint density at radius 3 is 2.25 bits per heavy atom. The van der Waals surface area contributed by atoms with Gasteiger partial charge in [0.15, 0.2) is 0 Å². The summed E-state index contributed by atoms with van der Waals surface area (Å²) in [5, 5.41) is 9.32. The number of hydrogen-bond acceptors (Lipinski definition) is 1. The van der Waals surface area contributed by atoms with Gasteiger partial charge >= 0.3 is 0 Å². The molecule has 2 saturated carbocycles. The minimum atomic E-state index is 0.0718. The fraction of sp³-hybridized carbons (Fsp3) is 1.00. The van der Waals surface area contributed by atoms with E-state index in [4.69, 9.17) is 0 Å². The average Bonchev–Trinajstić information content (AvgIpc) is 2.39. The van der Waals surface area contributed by atoms with Crippen LogP contribution >= 0.6 is 0 Å². The molecule has 0 aromatic carbocycles. The quantitative estimate of drug-likeness (QED) is 0.501. The van der Waals surface area contributed by atoms with Crippen LogP contribution in [0.5, 0.6) is 0 Å². The largest absolute Gasteiger partial charge is 0.393 e. The molecule has 1 spiro atoms. The van der Waals surface area contributed by atoms with Crippen LogP contribution in [0.15, 0.2) is 0 Å². The van der Waals surface area contributed by atoms with E-state index in [1.54, 1.807) is 0 Å². The van der Waals surface area contributed by atoms with Gasteiger partial charge in [-0.25, -0.2) is 0 Å². The van der Waals surface area contributed by atoms with E-state index in [1.165, 1.54) is 25.7 Å². The Morgan fingerprint density at radius 2 is 2.00 bits per heavy atom. The molecule has 2 fully saturated rings. The first-order chi connectivity index (χ1) is 3.83. The molecule has 2 rings (SSSR count). The summed E-state index contributed by atoms with van der Waals surface area (Å²) < 4.78 is 0. The topological polar surface area (TPSA) is 20.2 Å². The zero-order valence-electron chi connectivity index (χ0n) is 5.06. The normalized spacial score (nSPS) is 40.9. The second-order valence-electron chi connectivity index (χ2n) is 3.27. The molecule has 1 nitrogen and oxygen atoms in total. The first-order valence-corrected chi connectivity index (χ1v) is 3.52. The van der Waals surface area contributed by atoms with Gasteiger partial charge in [-0.05, 0) is 31.1 Å². The lowest BCUT2D eigenvalue weighted by Gasteiger charge is -2.09. The van der Waals surface area contributed by atoms with Crippen molar-refractivity contribution in [2.45, 2.75) is 38.2 Å². The van der Waals surface area contributed by atoms with Crippen molar-refractivity contribution in [1.82, 2.24) is 0 Å². The number of aliphatic hydroxyl groups is 1. The van der Waals surface area contributed by atoms with Crippen molar-refractivity contribution in [3.63, 3.8) is 0 Å². The number of rotatable bonds is 0. The predicted molar refractivity (Wildman–Crippen MR) is 31.5 cm³/mol. The third-order valence-corrected chi connectivity index (χ3v) is 2.75. The van der Waals surface area contributed by atoms with E-state index in [-0.39, 0.29) is 6.10 Å². The molecule has 0 heterocycles. The summed E-state index contributed by atoms with van der Waals surface area (Å²) in [5.41, 5.74) is 0.458. The van der Waals surface area contributed by atoms with Crippen LogP contribution in [0.25, 0.3) is 0 Å². The van der Waals surface area contributed by atoms with Crippen LogP contribution in [0, 0.1) is 5.41 Å². The van der Waals surface area contributed by atoms with Crippen LogP contribution in [0.3, 0.4) is 0 Å². The van der Waals surface area contributed by atoms with Crippen molar-refractivity contribution in [3.05, 3.63) is 0 Å². The monoisotopic (exact) mass is 112 g/mol. The minimum Gasteiger partial charge on any atom is -0.393 e. The zero-order valence-corrected chi connectivity index (χ0v) is 5.06. The van der Waals surface area contributed by atoms with Crippen LogP contribution < -0.4 is 0 Å². The number of hydrogen-bond donors (Lipinski definition) is 1. The van der Waals surface area contributed by atoms with Crippen LogP contribution in [0.4, 0.5) is 0 Å². The first-order valence-electron chi connectivity index (χ1n) is 3.52. The van der Waals surface area contributed by atoms with E-state index >= 15 is 0 Å². The fourth-order valence-electron chi connectivity index (χ4n) is 1.86. The van der Waals surface area contributed by atoms with Crippen molar-refractivity contribution in [3.8, 4) is 0 Å². The molecule has 1 unspecified atom stereocenters. The van der Waals surface area contributed by atoms with E-state index in [1.807, 2.05) is 0 Å². The highest BCUT2D eigenvalue weighted by Gasteiger charge is 2.51. The molecule has 0 saturated heterocycles. The van der Waals surface area contributed by atoms with E-state index in [0.29, 0.717) is 5.41 Å². The van der Waals surface area contributed by atoms with Crippen molar-refractivity contribution < 1.29 is 5.11 Å². The van der Waals surface area contributed by atoms with Gasteiger partial charge in [-0.1, -0.05) is 6.42 Å². The van der Waals surface area contributed by atoms with E-state index in [0.717, 1.165) is 6.42 Å². The summed E-state index contributed by atoms with van der Waals surface area (Å²) in [6.45, 7) is 0. The maximum atomic E-state index is 9.32. The second-order valence-corrected chi connectivity index (χ2v) is 3.27. The molecule has 0 aliphatic heterocycles. The lowest BCUT2D eigenvalue weighted by atomic mass is 10.0. The Kier molecular flexibility index (Phi) is 0.762. The summed E-state index contributed by atoms with van der Waals surface area (Å²) in [6.07, 6.45) is 6.31. The summed E-state index contributed by atoms with van der Waals surface area (Å²) in [5.74, 6) is 0. The lowest BCUT2D eigenvalue weighted by Crippen LogP contribution is -2.12. The molecule has 0 aromatic heterocycles. The molecule has 0 aromatic rings. The van der Waals surface area contributed by atoms with Gasteiger partial charge in [0.05, 0.1) is 6.10 Å². The van der Waals surface area contributed by atoms with Gasteiger partial charge in [-0.3, -0.25) is 0 Å². The first kappa shape index (κ1) is 4.80. The summed E-state index contributed by atoms with van der Waals surface area (Å²) in [6, 6.07) is 0. The van der Waals surface area contributed by atoms with Gasteiger partial charge < -0.3 is 5.11 Å². The van der Waals surface area contributed by atoms with Gasteiger partial charge in [0, 0.05) is 0 Å². The maximum absolute atomic E-state index is 9.32. The SMILES string of the molecule is OC1CCCC12CC2. The van der Waals surface area contributed by atoms with Gasteiger partial charge in [-0.2, -0.15) is 0 Å². The maximum Gasteiger partial charge on any atom is 0.0596 e. The Bertz CT molecular complexity index is 105. The van der Waals surface area contributed by atoms with Crippen molar-refractivity contribution in [2.24, 2.45) is 5.41 Å². The average molecular weight is 112 g/mol. The van der Waals surface area contributed by atoms with Crippen LogP contribution in [0.1, 0.15) is 32.1 Å². The third-order valence-electron chi connectivity index (χ3n) is 2.75. The molecule has 1 heteroatoms. The van der Waals surface area contributed by atoms with E-state index < -0.39 is 0 Å². The highest BCUT2D eigenvalue weighted by molar-refractivity contribution is 5.02. The van der Waals surface area contributed by atoms with Crippen LogP contribution in [0.2, 0.25) is 0 Å². The smallest absolute Gasteiger partial charge is 0.0596 e. The van der Waals surface area contributed by atoms with Gasteiger partial charge in [0.2, 0.25) is 0 Å². The van der Waals surface area contributed by atoms with E-state index in [2.05, 4.69) is 0 Å². The van der Waals surface area contributed by atoms with Crippen LogP contribution in [-0.4, -0.2) is 11.2 Å². The van der Waals surface area contributed by atoms with Gasteiger partial charge in [0.25, 0.3) is 0 Å². The lowest BCUT2D eigenvalue weighted by molar-refractivity contribution is 0.120. The molecule has 1 atom stereocenters. The molecule has 0 amide bonds. The molecule has 8 heavy (non-hydrogen) atoms. The second kappa shape index (κ2) is 1.27. The molecular formula is C7H12O. The van der Waals surface area contributed by atoms with E-state index in [9.17, 15) is 5.11 Å². The predicted octanol–water partition coefficient (Wildman–Crippen LogP) is 1.31. The summed E-state index contributed by atoms with van der Waals surface area (Å²) >= 11 is 0. The molecular weight excluding hydrogens is 100 g/mol. The number of aliphatic hydroxyl groups excluding tert-OH is 1. The van der Waals surface area contributed by atoms with Crippen molar-refractivity contribution >= 4 is 0 Å². The van der Waals surface area contributed by atoms with Crippen molar-refractivity contribution in [2.75, 3.05) is 0 Å². The molecule has 0 bridgehead atoms. The van der Waals surface area contributed by atoms with Gasteiger partial charge in [0.1, 0.15) is 0 Å². The molecule has 2 aliphatic rings. The fourth-order valence-corrected chi connectivity index (χ4v) is 1.86. The Labute approximate surface area is 49.7 Å². The molecule has 2 aliphatic carbocycles. The minimum absolute atomic E-state index is 0.0718. The van der Waals surface area contributed by atoms with Crippen LogP contribution in [-0.2, 0) is 0 Å². The Balaban J connectivity index is 2.12.